The van der Waals surface area contributed by atoms with E-state index in [-0.39, 0.29) is 35.4 Å². The van der Waals surface area contributed by atoms with Crippen molar-refractivity contribution in [2.24, 2.45) is 0 Å². The van der Waals surface area contributed by atoms with Crippen LogP contribution in [0.2, 0.25) is 0 Å². The van der Waals surface area contributed by atoms with Gasteiger partial charge in [0.1, 0.15) is 0 Å². The number of carbonyl (C=O) groups is 2. The maximum Gasteiger partial charge on any atom is 2.00 e. The van der Waals surface area contributed by atoms with Gasteiger partial charge in [0.05, 0.1) is 0 Å². The van der Waals surface area contributed by atoms with Crippen molar-refractivity contribution in [2.75, 3.05) is 0 Å². The number of hydrogen-bond acceptors (Lipinski definition) is 6. The maximum absolute atomic E-state index is 8.33. The molecule has 0 aliphatic carbocycles. The zero-order valence-corrected chi connectivity index (χ0v) is 7.57. The van der Waals surface area contributed by atoms with Gasteiger partial charge in [0.15, 0.2) is 0 Å². The zero-order chi connectivity index (χ0) is 7.15. The molecule has 0 aromatic rings. The van der Waals surface area contributed by atoms with E-state index in [1.807, 2.05) is 0 Å². The molecule has 8 nitrogen and oxygen atoms in total. The van der Waals surface area contributed by atoms with Gasteiger partial charge in [-0.25, -0.2) is 0 Å². The minimum absolute atomic E-state index is 0. The molecule has 0 aromatic heterocycles. The molecule has 0 radical (unpaired) electrons. The van der Waals surface area contributed by atoms with Gasteiger partial charge in [-0.15, -0.1) is 0 Å². The van der Waals surface area contributed by atoms with E-state index in [2.05, 4.69) is 0 Å². The quantitative estimate of drug-likeness (QED) is 0.351. The summed E-state index contributed by atoms with van der Waals surface area (Å²) in [6, 6.07) is 0. The first-order chi connectivity index (χ1) is 3.46. The third kappa shape index (κ3) is 805. The molecule has 0 amide bonds. The van der Waals surface area contributed by atoms with Gasteiger partial charge in [0.25, 0.3) is 0 Å². The molecule has 9 heteroatoms. The normalized spacial score (nSPS) is 4.36. The SMILES string of the molecule is O=C([O-])[O-].O=C([O-])[O-].[Mg+2].[NH4+].[NH4+]. The van der Waals surface area contributed by atoms with E-state index < -0.39 is 12.3 Å². The predicted octanol–water partition coefficient (Wildman–Crippen LogP) is -4.52. The second-order valence-corrected chi connectivity index (χ2v) is 0.500. The summed E-state index contributed by atoms with van der Waals surface area (Å²) in [5.74, 6) is 0. The predicted molar refractivity (Wildman–Crippen MR) is 28.5 cm³/mol. The molecule has 0 unspecified atom stereocenters. The van der Waals surface area contributed by atoms with Crippen LogP contribution >= 0.6 is 0 Å². The first-order valence-corrected chi connectivity index (χ1v) is 1.22. The van der Waals surface area contributed by atoms with Crippen LogP contribution in [0.25, 0.3) is 0 Å². The first kappa shape index (κ1) is 31.9. The third-order valence-corrected chi connectivity index (χ3v) is 0. The zero-order valence-electron chi connectivity index (χ0n) is 6.16. The van der Waals surface area contributed by atoms with Gasteiger partial charge in [-0.2, -0.15) is 0 Å². The van der Waals surface area contributed by atoms with Crippen LogP contribution in [-0.2, 0) is 0 Å². The minimum Gasteiger partial charge on any atom is -0.652 e. The molecule has 0 heterocycles. The summed E-state index contributed by atoms with van der Waals surface area (Å²) in [6.07, 6.45) is -4.67. The van der Waals surface area contributed by atoms with Crippen molar-refractivity contribution in [1.29, 1.82) is 0 Å². The van der Waals surface area contributed by atoms with Crippen molar-refractivity contribution in [3.8, 4) is 0 Å². The van der Waals surface area contributed by atoms with Crippen LogP contribution < -0.4 is 32.7 Å². The van der Waals surface area contributed by atoms with Crippen molar-refractivity contribution in [2.45, 2.75) is 0 Å². The summed E-state index contributed by atoms with van der Waals surface area (Å²) in [7, 11) is 0. The standard InChI is InChI=1S/2CH2O3.Mg.2H3N/c2*2-1(3)4;;;/h2*(H2,2,3,4);;2*1H3/q;;+2;;/p-2. The molecule has 0 rings (SSSR count). The average Bonchev–Trinajstić information content (AvgIpc) is 1.25. The Bertz CT molecular complexity index is 76.6. The molecule has 8 N–H and O–H groups in total. The summed E-state index contributed by atoms with van der Waals surface area (Å²) in [5, 5.41) is 33.3. The van der Waals surface area contributed by atoms with Crippen LogP contribution in [0.1, 0.15) is 0 Å². The summed E-state index contributed by atoms with van der Waals surface area (Å²) in [5.41, 5.74) is 0. The fourth-order valence-electron chi connectivity index (χ4n) is 0. The Hall–Kier alpha value is -0.774. The van der Waals surface area contributed by atoms with Crippen LogP contribution in [0.5, 0.6) is 0 Å². The van der Waals surface area contributed by atoms with Gasteiger partial charge in [0.2, 0.25) is 0 Å². The molecule has 11 heavy (non-hydrogen) atoms. The molecule has 0 atom stereocenters. The van der Waals surface area contributed by atoms with Gasteiger partial charge in [0, 0.05) is 0 Å². The van der Waals surface area contributed by atoms with E-state index in [0.29, 0.717) is 0 Å². The maximum atomic E-state index is 8.33. The van der Waals surface area contributed by atoms with E-state index >= 15 is 0 Å². The van der Waals surface area contributed by atoms with Crippen LogP contribution in [-0.4, -0.2) is 35.4 Å². The smallest absolute Gasteiger partial charge is 0.652 e. The monoisotopic (exact) mass is 180 g/mol. The van der Waals surface area contributed by atoms with Gasteiger partial charge in [-0.3, -0.25) is 0 Å². The van der Waals surface area contributed by atoms with Crippen LogP contribution in [0.3, 0.4) is 0 Å². The molecule has 64 valence electrons. The molecule has 0 aromatic carbocycles. The van der Waals surface area contributed by atoms with Crippen LogP contribution in [0.15, 0.2) is 0 Å². The van der Waals surface area contributed by atoms with Gasteiger partial charge >= 0.3 is 23.1 Å². The van der Waals surface area contributed by atoms with Gasteiger partial charge in [-0.1, -0.05) is 0 Å². The molecule has 0 fully saturated rings. The molecule has 0 bridgehead atoms. The number of carbonyl (C=O) groups excluding carboxylic acids is 2. The average molecular weight is 180 g/mol. The minimum atomic E-state index is -2.33. The summed E-state index contributed by atoms with van der Waals surface area (Å²) in [6.45, 7) is 0. The molecule has 0 saturated carbocycles. The number of quaternary nitrogens is 2. The third-order valence-electron chi connectivity index (χ3n) is 0. The molecule has 0 saturated heterocycles. The Morgan fingerprint density at radius 2 is 0.727 bits per heavy atom. The Morgan fingerprint density at radius 1 is 0.727 bits per heavy atom. The number of hydrogen-bond donors (Lipinski definition) is 2. The topological polar surface area (TPSA) is 199 Å². The van der Waals surface area contributed by atoms with E-state index in [1.165, 1.54) is 0 Å². The Labute approximate surface area is 78.2 Å². The van der Waals surface area contributed by atoms with Crippen LogP contribution in [0, 0.1) is 0 Å². The fourth-order valence-corrected chi connectivity index (χ4v) is 0. The van der Waals surface area contributed by atoms with E-state index in [0.717, 1.165) is 0 Å². The van der Waals surface area contributed by atoms with Crippen LogP contribution in [0.4, 0.5) is 9.59 Å². The molecule has 0 aliphatic heterocycles. The van der Waals surface area contributed by atoms with E-state index in [4.69, 9.17) is 30.0 Å². The Morgan fingerprint density at radius 3 is 0.727 bits per heavy atom. The largest absolute Gasteiger partial charge is 2.00 e. The second-order valence-electron chi connectivity index (χ2n) is 0.500. The van der Waals surface area contributed by atoms with E-state index in [9.17, 15) is 0 Å². The number of rotatable bonds is 0. The van der Waals surface area contributed by atoms with Crippen molar-refractivity contribution in [1.82, 2.24) is 12.3 Å². The van der Waals surface area contributed by atoms with Gasteiger partial charge < -0.3 is 42.3 Å². The second kappa shape index (κ2) is 22.9. The summed E-state index contributed by atoms with van der Waals surface area (Å²) >= 11 is 0. The Kier molecular flexibility index (Phi) is 66.2. The van der Waals surface area contributed by atoms with E-state index in [1.54, 1.807) is 0 Å². The van der Waals surface area contributed by atoms with Crippen molar-refractivity contribution in [3.05, 3.63) is 0 Å². The van der Waals surface area contributed by atoms with Crippen molar-refractivity contribution < 1.29 is 30.0 Å². The summed E-state index contributed by atoms with van der Waals surface area (Å²) in [4.78, 5) is 16.7. The fraction of sp³-hybridized carbons (Fsp3) is 0. The molecular formula is C2H8MgN2O6. The van der Waals surface area contributed by atoms with Gasteiger partial charge in [-0.05, 0) is 12.3 Å². The first-order valence-electron chi connectivity index (χ1n) is 1.22. The summed E-state index contributed by atoms with van der Waals surface area (Å²) < 4.78 is 0. The Balaban J connectivity index is -0.0000000171. The molecule has 0 aliphatic rings. The molecular weight excluding hydrogens is 172 g/mol. The molecule has 0 spiro atoms. The number of carboxylic acid groups (broad SMARTS) is 4. The van der Waals surface area contributed by atoms with Crippen molar-refractivity contribution in [3.63, 3.8) is 0 Å². The van der Waals surface area contributed by atoms with Crippen molar-refractivity contribution >= 4 is 35.4 Å².